The highest BCUT2D eigenvalue weighted by atomic mass is 31.2. The highest BCUT2D eigenvalue weighted by Crippen LogP contribution is 2.43. The predicted molar refractivity (Wildman–Crippen MR) is 61.7 cm³/mol. The molecule has 116 valence electrons. The Hall–Kier alpha value is -1.48. The van der Waals surface area contributed by atoms with Crippen molar-refractivity contribution >= 4 is 25.9 Å². The molecule has 1 atom stereocenters. The van der Waals surface area contributed by atoms with Crippen LogP contribution in [-0.2, 0) is 32.7 Å². The minimum Gasteiger partial charge on any atom is -0.449 e. The fourth-order valence-electron chi connectivity index (χ4n) is 0.849. The molecule has 0 amide bonds. The molecule has 0 aromatic carbocycles. The van der Waals surface area contributed by atoms with Crippen molar-refractivity contribution in [3.8, 4) is 0 Å². The van der Waals surface area contributed by atoms with Gasteiger partial charge in [0, 0.05) is 6.61 Å². The number of hydrogen-bond donors (Lipinski definition) is 2. The number of carboxylic acid groups (broad SMARTS) is 1. The van der Waals surface area contributed by atoms with Gasteiger partial charge in [-0.3, -0.25) is 9.42 Å². The van der Waals surface area contributed by atoms with Crippen molar-refractivity contribution in [2.45, 2.75) is 19.8 Å². The summed E-state index contributed by atoms with van der Waals surface area (Å²) in [6, 6.07) is 0. The molecule has 0 heterocycles. The predicted octanol–water partition coefficient (Wildman–Crippen LogP) is 0.684. The van der Waals surface area contributed by atoms with E-state index in [0.717, 1.165) is 12.8 Å². The van der Waals surface area contributed by atoms with Gasteiger partial charge < -0.3 is 19.1 Å². The second kappa shape index (κ2) is 9.43. The first kappa shape index (κ1) is 18.5. The standard InChI is InChI=1S/C9H15O10P/c1-2-3-4-16-5-6-17-20(14,15)19-8(11)7(10)18-9(12)13/h2-6H2,1H3,(H,12,13)(H,14,15). The summed E-state index contributed by atoms with van der Waals surface area (Å²) in [5, 5.41) is 8.05. The second-order valence-corrected chi connectivity index (χ2v) is 4.68. The summed E-state index contributed by atoms with van der Waals surface area (Å²) in [5.74, 6) is -3.90. The highest BCUT2D eigenvalue weighted by molar-refractivity contribution is 7.48. The van der Waals surface area contributed by atoms with E-state index in [1.54, 1.807) is 0 Å². The van der Waals surface area contributed by atoms with Crippen LogP contribution in [-0.4, -0.2) is 47.9 Å². The third-order valence-corrected chi connectivity index (χ3v) is 2.57. The van der Waals surface area contributed by atoms with Gasteiger partial charge in [-0.05, 0) is 6.42 Å². The van der Waals surface area contributed by atoms with Gasteiger partial charge in [0.1, 0.15) is 0 Å². The fraction of sp³-hybridized carbons (Fsp3) is 0.667. The molecular formula is C9H15O10P. The van der Waals surface area contributed by atoms with Gasteiger partial charge in [0.2, 0.25) is 0 Å². The van der Waals surface area contributed by atoms with Crippen LogP contribution in [0.4, 0.5) is 4.79 Å². The minimum atomic E-state index is -4.82. The topological polar surface area (TPSA) is 146 Å². The summed E-state index contributed by atoms with van der Waals surface area (Å²) < 4.78 is 27.7. The Kier molecular flexibility index (Phi) is 8.73. The molecule has 0 aromatic rings. The molecule has 10 nitrogen and oxygen atoms in total. The molecule has 0 aliphatic carbocycles. The molecule has 0 aliphatic heterocycles. The summed E-state index contributed by atoms with van der Waals surface area (Å²) in [6.45, 7) is 2.04. The van der Waals surface area contributed by atoms with Crippen molar-refractivity contribution in [2.24, 2.45) is 0 Å². The molecule has 0 rings (SSSR count). The Morgan fingerprint density at radius 1 is 1.10 bits per heavy atom. The van der Waals surface area contributed by atoms with E-state index in [2.05, 4.69) is 13.8 Å². The number of ether oxygens (including phenoxy) is 2. The molecule has 0 saturated heterocycles. The van der Waals surface area contributed by atoms with Gasteiger partial charge in [-0.1, -0.05) is 13.3 Å². The number of carbonyl (C=O) groups is 3. The van der Waals surface area contributed by atoms with Gasteiger partial charge in [-0.15, -0.1) is 0 Å². The number of phosphoric ester groups is 1. The van der Waals surface area contributed by atoms with Crippen molar-refractivity contribution in [3.63, 3.8) is 0 Å². The zero-order valence-corrected chi connectivity index (χ0v) is 11.5. The van der Waals surface area contributed by atoms with Crippen LogP contribution in [0.15, 0.2) is 0 Å². The summed E-state index contributed by atoms with van der Waals surface area (Å²) in [4.78, 5) is 40.6. The molecule has 2 N–H and O–H groups in total. The Labute approximate surface area is 114 Å². The number of phosphoric acid groups is 1. The normalized spacial score (nSPS) is 13.3. The number of unbranched alkanes of at least 4 members (excludes halogenated alkanes) is 1. The van der Waals surface area contributed by atoms with E-state index >= 15 is 0 Å². The zero-order chi connectivity index (χ0) is 15.6. The van der Waals surface area contributed by atoms with Crippen LogP contribution in [0.2, 0.25) is 0 Å². The maximum Gasteiger partial charge on any atom is 0.530 e. The molecule has 0 fully saturated rings. The number of carbonyl (C=O) groups excluding carboxylic acids is 2. The summed E-state index contributed by atoms with van der Waals surface area (Å²) in [7, 11) is -4.82. The molecule has 0 saturated carbocycles. The van der Waals surface area contributed by atoms with E-state index in [-0.39, 0.29) is 13.2 Å². The molecule has 0 radical (unpaired) electrons. The average Bonchev–Trinajstić information content (AvgIpc) is 2.32. The molecule has 1 unspecified atom stereocenters. The van der Waals surface area contributed by atoms with E-state index in [4.69, 9.17) is 14.7 Å². The Morgan fingerprint density at radius 2 is 1.75 bits per heavy atom. The van der Waals surface area contributed by atoms with Crippen LogP contribution >= 0.6 is 7.82 Å². The summed E-state index contributed by atoms with van der Waals surface area (Å²) in [5.41, 5.74) is 0. The molecular weight excluding hydrogens is 299 g/mol. The highest BCUT2D eigenvalue weighted by Gasteiger charge is 2.32. The number of rotatable bonds is 8. The smallest absolute Gasteiger partial charge is 0.449 e. The molecule has 11 heteroatoms. The van der Waals surface area contributed by atoms with Crippen molar-refractivity contribution in [1.29, 1.82) is 0 Å². The first-order valence-electron chi connectivity index (χ1n) is 5.52. The second-order valence-electron chi connectivity index (χ2n) is 3.30. The van der Waals surface area contributed by atoms with E-state index < -0.39 is 25.9 Å². The van der Waals surface area contributed by atoms with Crippen LogP contribution in [0.3, 0.4) is 0 Å². The van der Waals surface area contributed by atoms with Crippen molar-refractivity contribution in [2.75, 3.05) is 19.8 Å². The zero-order valence-electron chi connectivity index (χ0n) is 10.6. The van der Waals surface area contributed by atoms with Crippen LogP contribution in [0.1, 0.15) is 19.8 Å². The molecule has 0 aromatic heterocycles. The van der Waals surface area contributed by atoms with Crippen LogP contribution in [0.5, 0.6) is 0 Å². The maximum absolute atomic E-state index is 11.2. The van der Waals surface area contributed by atoms with Gasteiger partial charge in [0.25, 0.3) is 0 Å². The Balaban J connectivity index is 3.99. The number of esters is 1. The van der Waals surface area contributed by atoms with Crippen molar-refractivity contribution < 1.29 is 47.5 Å². The minimum absolute atomic E-state index is 0.0122. The van der Waals surface area contributed by atoms with Gasteiger partial charge in [0.05, 0.1) is 13.2 Å². The van der Waals surface area contributed by atoms with Crippen LogP contribution in [0, 0.1) is 0 Å². The SMILES string of the molecule is CCCCOCCOP(=O)(O)OC(=O)C(=O)OC(=O)O. The Bertz CT molecular complexity index is 392. The monoisotopic (exact) mass is 314 g/mol. The number of hydrogen-bond acceptors (Lipinski definition) is 8. The first-order valence-corrected chi connectivity index (χ1v) is 7.01. The lowest BCUT2D eigenvalue weighted by atomic mass is 10.4. The molecule has 20 heavy (non-hydrogen) atoms. The van der Waals surface area contributed by atoms with E-state index in [1.807, 2.05) is 6.92 Å². The van der Waals surface area contributed by atoms with Gasteiger partial charge >= 0.3 is 25.9 Å². The van der Waals surface area contributed by atoms with E-state index in [0.29, 0.717) is 6.61 Å². The lowest BCUT2D eigenvalue weighted by Gasteiger charge is -2.10. The van der Waals surface area contributed by atoms with Gasteiger partial charge in [0.15, 0.2) is 0 Å². The lowest BCUT2D eigenvalue weighted by Crippen LogP contribution is -2.22. The quantitative estimate of drug-likeness (QED) is 0.215. The van der Waals surface area contributed by atoms with Gasteiger partial charge in [-0.25, -0.2) is 18.9 Å². The average molecular weight is 314 g/mol. The summed E-state index contributed by atoms with van der Waals surface area (Å²) >= 11 is 0. The molecule has 0 bridgehead atoms. The molecule has 0 aliphatic rings. The Morgan fingerprint density at radius 3 is 2.30 bits per heavy atom. The fourth-order valence-corrected chi connectivity index (χ4v) is 1.49. The van der Waals surface area contributed by atoms with E-state index in [1.165, 1.54) is 0 Å². The largest absolute Gasteiger partial charge is 0.530 e. The lowest BCUT2D eigenvalue weighted by molar-refractivity contribution is -0.160. The van der Waals surface area contributed by atoms with Gasteiger partial charge in [-0.2, -0.15) is 0 Å². The van der Waals surface area contributed by atoms with Crippen molar-refractivity contribution in [3.05, 3.63) is 0 Å². The first-order chi connectivity index (χ1) is 9.28. The third-order valence-electron chi connectivity index (χ3n) is 1.67. The summed E-state index contributed by atoms with van der Waals surface area (Å²) in [6.07, 6.45) is -0.319. The van der Waals surface area contributed by atoms with Crippen LogP contribution in [0.25, 0.3) is 0 Å². The van der Waals surface area contributed by atoms with Crippen LogP contribution < -0.4 is 0 Å². The van der Waals surface area contributed by atoms with Crippen molar-refractivity contribution in [1.82, 2.24) is 0 Å². The third kappa shape index (κ3) is 9.45. The maximum atomic E-state index is 11.2. The molecule has 0 spiro atoms. The van der Waals surface area contributed by atoms with E-state index in [9.17, 15) is 18.9 Å².